The molecule has 1 aromatic heterocycles. The third-order valence-corrected chi connectivity index (χ3v) is 2.34. The molecule has 0 aromatic carbocycles. The summed E-state index contributed by atoms with van der Waals surface area (Å²) in [4.78, 5) is 10.7. The van der Waals surface area contributed by atoms with Crippen molar-refractivity contribution in [1.29, 1.82) is 0 Å². The van der Waals surface area contributed by atoms with Gasteiger partial charge in [-0.05, 0) is 26.0 Å². The maximum Gasteiger partial charge on any atom is 0.191 e. The summed E-state index contributed by atoms with van der Waals surface area (Å²) in [7, 11) is 5.74. The maximum absolute atomic E-state index is 4.54. The zero-order valence-electron chi connectivity index (χ0n) is 12.3. The molecule has 0 fully saturated rings. The van der Waals surface area contributed by atoms with E-state index in [1.165, 1.54) is 0 Å². The average Bonchev–Trinajstić information content (AvgIpc) is 2.34. The lowest BCUT2D eigenvalue weighted by Crippen LogP contribution is -2.40. The van der Waals surface area contributed by atoms with Crippen molar-refractivity contribution in [2.75, 3.05) is 26.0 Å². The third-order valence-electron chi connectivity index (χ3n) is 2.34. The van der Waals surface area contributed by atoms with Crippen molar-refractivity contribution in [3.8, 4) is 0 Å². The first kappa shape index (κ1) is 17.9. The first-order valence-corrected chi connectivity index (χ1v) is 6.13. The van der Waals surface area contributed by atoms with Crippen LogP contribution in [0.3, 0.4) is 0 Å². The molecule has 1 heterocycles. The van der Waals surface area contributed by atoms with Crippen molar-refractivity contribution in [3.05, 3.63) is 23.9 Å². The maximum atomic E-state index is 4.54. The molecule has 2 N–H and O–H groups in total. The highest BCUT2D eigenvalue weighted by atomic mass is 127. The zero-order chi connectivity index (χ0) is 13.5. The number of nitrogens with zero attached hydrogens (tertiary/aromatic N) is 3. The summed E-state index contributed by atoms with van der Waals surface area (Å²) in [6, 6.07) is 6.36. The Labute approximate surface area is 132 Å². The SMILES string of the molecule is CN=C(NCc1cccc(N(C)C)n1)NC(C)C.I. The molecular formula is C13H24IN5. The van der Waals surface area contributed by atoms with Crippen LogP contribution in [0.25, 0.3) is 0 Å². The van der Waals surface area contributed by atoms with Crippen LogP contribution in [0.2, 0.25) is 0 Å². The standard InChI is InChI=1S/C13H23N5.HI/c1-10(2)16-13(14-3)15-9-11-7-6-8-12(17-11)18(4)5;/h6-8,10H,9H2,1-5H3,(H2,14,15,16);1H. The van der Waals surface area contributed by atoms with E-state index in [2.05, 4.69) is 34.5 Å². The van der Waals surface area contributed by atoms with Gasteiger partial charge < -0.3 is 15.5 Å². The van der Waals surface area contributed by atoms with Gasteiger partial charge in [0.2, 0.25) is 0 Å². The number of rotatable bonds is 4. The number of pyridine rings is 1. The Morgan fingerprint density at radius 1 is 1.37 bits per heavy atom. The molecule has 0 unspecified atom stereocenters. The Bertz CT molecular complexity index is 404. The molecule has 0 aliphatic rings. The number of aromatic nitrogens is 1. The van der Waals surface area contributed by atoms with Gasteiger partial charge in [0, 0.05) is 27.2 Å². The largest absolute Gasteiger partial charge is 0.363 e. The van der Waals surface area contributed by atoms with Gasteiger partial charge in [0.15, 0.2) is 5.96 Å². The molecule has 0 amide bonds. The van der Waals surface area contributed by atoms with Crippen LogP contribution in [0.5, 0.6) is 0 Å². The summed E-state index contributed by atoms with van der Waals surface area (Å²) >= 11 is 0. The van der Waals surface area contributed by atoms with Gasteiger partial charge in [-0.15, -0.1) is 24.0 Å². The van der Waals surface area contributed by atoms with Crippen LogP contribution < -0.4 is 15.5 Å². The second-order valence-electron chi connectivity index (χ2n) is 4.61. The molecule has 0 atom stereocenters. The fourth-order valence-electron chi connectivity index (χ4n) is 1.46. The highest BCUT2D eigenvalue weighted by Gasteiger charge is 2.02. The van der Waals surface area contributed by atoms with E-state index in [1.807, 2.05) is 37.2 Å². The van der Waals surface area contributed by atoms with Gasteiger partial charge >= 0.3 is 0 Å². The number of hydrogen-bond donors (Lipinski definition) is 2. The van der Waals surface area contributed by atoms with E-state index in [9.17, 15) is 0 Å². The van der Waals surface area contributed by atoms with E-state index in [4.69, 9.17) is 0 Å². The van der Waals surface area contributed by atoms with Crippen LogP contribution in [0.1, 0.15) is 19.5 Å². The molecule has 5 nitrogen and oxygen atoms in total. The lowest BCUT2D eigenvalue weighted by atomic mass is 10.3. The molecule has 1 aromatic rings. The molecule has 6 heteroatoms. The number of guanidine groups is 1. The Morgan fingerprint density at radius 2 is 2.05 bits per heavy atom. The van der Waals surface area contributed by atoms with Gasteiger partial charge in [-0.25, -0.2) is 4.98 Å². The fourth-order valence-corrected chi connectivity index (χ4v) is 1.46. The van der Waals surface area contributed by atoms with Crippen LogP contribution in [0.4, 0.5) is 5.82 Å². The van der Waals surface area contributed by atoms with Crippen LogP contribution in [-0.2, 0) is 6.54 Å². The number of hydrogen-bond acceptors (Lipinski definition) is 3. The topological polar surface area (TPSA) is 52.6 Å². The average molecular weight is 377 g/mol. The van der Waals surface area contributed by atoms with E-state index >= 15 is 0 Å². The predicted octanol–water partition coefficient (Wildman–Crippen LogP) is 1.84. The minimum absolute atomic E-state index is 0. The highest BCUT2D eigenvalue weighted by molar-refractivity contribution is 14.0. The second kappa shape index (κ2) is 8.95. The second-order valence-corrected chi connectivity index (χ2v) is 4.61. The normalized spacial score (nSPS) is 10.9. The van der Waals surface area contributed by atoms with Crippen molar-refractivity contribution in [2.24, 2.45) is 4.99 Å². The minimum Gasteiger partial charge on any atom is -0.363 e. The lowest BCUT2D eigenvalue weighted by molar-refractivity contribution is 0.696. The quantitative estimate of drug-likeness (QED) is 0.478. The van der Waals surface area contributed by atoms with Gasteiger partial charge in [-0.2, -0.15) is 0 Å². The van der Waals surface area contributed by atoms with Crippen molar-refractivity contribution in [3.63, 3.8) is 0 Å². The Balaban J connectivity index is 0.00000324. The van der Waals surface area contributed by atoms with Gasteiger partial charge in [-0.1, -0.05) is 6.07 Å². The van der Waals surface area contributed by atoms with Gasteiger partial charge in [0.25, 0.3) is 0 Å². The third kappa shape index (κ3) is 6.60. The lowest BCUT2D eigenvalue weighted by Gasteiger charge is -2.15. The Kier molecular flexibility index (Phi) is 8.46. The van der Waals surface area contributed by atoms with Crippen LogP contribution in [0, 0.1) is 0 Å². The molecule has 19 heavy (non-hydrogen) atoms. The zero-order valence-corrected chi connectivity index (χ0v) is 14.6. The molecule has 0 aliphatic heterocycles. The first-order chi connectivity index (χ1) is 8.52. The van der Waals surface area contributed by atoms with E-state index in [-0.39, 0.29) is 24.0 Å². The molecule has 0 saturated heterocycles. The number of halogens is 1. The summed E-state index contributed by atoms with van der Waals surface area (Å²) in [5.74, 6) is 1.75. The van der Waals surface area contributed by atoms with E-state index in [1.54, 1.807) is 7.05 Å². The van der Waals surface area contributed by atoms with Gasteiger partial charge in [0.1, 0.15) is 5.82 Å². The number of anilines is 1. The van der Waals surface area contributed by atoms with Gasteiger partial charge in [-0.3, -0.25) is 4.99 Å². The summed E-state index contributed by atoms with van der Waals surface area (Å²) in [5.41, 5.74) is 0.993. The van der Waals surface area contributed by atoms with Crippen molar-refractivity contribution in [2.45, 2.75) is 26.4 Å². The monoisotopic (exact) mass is 377 g/mol. The molecule has 0 radical (unpaired) electrons. The number of nitrogens with one attached hydrogen (secondary N) is 2. The predicted molar refractivity (Wildman–Crippen MR) is 92.4 cm³/mol. The van der Waals surface area contributed by atoms with Crippen LogP contribution >= 0.6 is 24.0 Å². The van der Waals surface area contributed by atoms with E-state index < -0.39 is 0 Å². The minimum atomic E-state index is 0. The summed E-state index contributed by atoms with van der Waals surface area (Å²) in [5, 5.41) is 6.48. The smallest absolute Gasteiger partial charge is 0.191 e. The summed E-state index contributed by atoms with van der Waals surface area (Å²) in [6.07, 6.45) is 0. The van der Waals surface area contributed by atoms with Crippen molar-refractivity contribution in [1.82, 2.24) is 15.6 Å². The van der Waals surface area contributed by atoms with Crippen molar-refractivity contribution >= 4 is 35.8 Å². The number of aliphatic imine (C=N–C) groups is 1. The van der Waals surface area contributed by atoms with Crippen molar-refractivity contribution < 1.29 is 0 Å². The highest BCUT2D eigenvalue weighted by Crippen LogP contribution is 2.07. The van der Waals surface area contributed by atoms with E-state index in [0.29, 0.717) is 12.6 Å². The summed E-state index contributed by atoms with van der Waals surface area (Å²) < 4.78 is 0. The first-order valence-electron chi connectivity index (χ1n) is 6.13. The fraction of sp³-hybridized carbons (Fsp3) is 0.538. The molecule has 1 rings (SSSR count). The molecule has 0 bridgehead atoms. The van der Waals surface area contributed by atoms with Crippen LogP contribution in [0.15, 0.2) is 23.2 Å². The Morgan fingerprint density at radius 3 is 2.58 bits per heavy atom. The molecular weight excluding hydrogens is 353 g/mol. The summed E-state index contributed by atoms with van der Waals surface area (Å²) in [6.45, 7) is 4.82. The molecule has 0 aliphatic carbocycles. The van der Waals surface area contributed by atoms with Crippen LogP contribution in [-0.4, -0.2) is 38.1 Å². The van der Waals surface area contributed by atoms with E-state index in [0.717, 1.165) is 17.5 Å². The molecule has 0 saturated carbocycles. The molecule has 108 valence electrons. The van der Waals surface area contributed by atoms with Gasteiger partial charge in [0.05, 0.1) is 12.2 Å². The Hall–Kier alpha value is -1.05. The molecule has 0 spiro atoms.